The minimum atomic E-state index is -0.500. The van der Waals surface area contributed by atoms with Crippen molar-refractivity contribution in [3.05, 3.63) is 58.5 Å². The molecule has 0 aliphatic heterocycles. The Morgan fingerprint density at radius 2 is 1.85 bits per heavy atom. The third kappa shape index (κ3) is 5.16. The van der Waals surface area contributed by atoms with Gasteiger partial charge in [-0.1, -0.05) is 0 Å². The van der Waals surface area contributed by atoms with Gasteiger partial charge in [0.2, 0.25) is 0 Å². The number of fused-ring (bicyclic) bond motifs is 1. The van der Waals surface area contributed by atoms with Crippen LogP contribution in [0.2, 0.25) is 0 Å². The van der Waals surface area contributed by atoms with Gasteiger partial charge in [0.05, 0.1) is 17.6 Å². The third-order valence-electron chi connectivity index (χ3n) is 6.61. The summed E-state index contributed by atoms with van der Waals surface area (Å²) < 4.78 is 28.1. The summed E-state index contributed by atoms with van der Waals surface area (Å²) in [5, 5.41) is 0. The molecule has 1 aromatic carbocycles. The number of halogens is 1. The van der Waals surface area contributed by atoms with Crippen LogP contribution in [0.1, 0.15) is 31.2 Å². The molecule has 3 aromatic rings. The summed E-state index contributed by atoms with van der Waals surface area (Å²) in [6, 6.07) is 6.72. The minimum Gasteiger partial charge on any atom is -0.488 e. The second kappa shape index (κ2) is 10.3. The highest BCUT2D eigenvalue weighted by molar-refractivity contribution is 5.83. The van der Waals surface area contributed by atoms with Crippen LogP contribution in [0.3, 0.4) is 0 Å². The van der Waals surface area contributed by atoms with Crippen molar-refractivity contribution in [1.29, 1.82) is 0 Å². The summed E-state index contributed by atoms with van der Waals surface area (Å²) in [7, 11) is 3.21. The van der Waals surface area contributed by atoms with E-state index in [0.29, 0.717) is 36.5 Å². The van der Waals surface area contributed by atoms with Crippen LogP contribution in [0.4, 0.5) is 4.39 Å². The molecular formula is C25H30FN3O4. The van der Waals surface area contributed by atoms with E-state index in [2.05, 4.69) is 4.98 Å². The lowest BCUT2D eigenvalue weighted by molar-refractivity contribution is -0.123. The molecule has 0 radical (unpaired) electrons. The van der Waals surface area contributed by atoms with E-state index < -0.39 is 5.82 Å². The van der Waals surface area contributed by atoms with E-state index in [4.69, 9.17) is 9.47 Å². The highest BCUT2D eigenvalue weighted by Crippen LogP contribution is 2.32. The van der Waals surface area contributed by atoms with Crippen LogP contribution in [0.15, 0.2) is 41.5 Å². The van der Waals surface area contributed by atoms with Crippen molar-refractivity contribution < 1.29 is 18.7 Å². The summed E-state index contributed by atoms with van der Waals surface area (Å²) in [5.74, 6) is 0.244. The summed E-state index contributed by atoms with van der Waals surface area (Å²) in [5.41, 5.74) is 2.02. The molecule has 4 rings (SSSR count). The number of Topliss-reactive ketones (excluding diaryl/α,β-unsaturated/α-hetero) is 1. The number of hydrogen-bond donors (Lipinski definition) is 0. The van der Waals surface area contributed by atoms with Crippen LogP contribution in [0.5, 0.6) is 5.75 Å². The molecule has 7 nitrogen and oxygen atoms in total. The highest BCUT2D eigenvalue weighted by atomic mass is 19.1. The molecule has 8 heteroatoms. The Morgan fingerprint density at radius 3 is 2.55 bits per heavy atom. The second-order valence-corrected chi connectivity index (χ2v) is 8.78. The second-order valence-electron chi connectivity index (χ2n) is 8.78. The molecule has 2 aromatic heterocycles. The van der Waals surface area contributed by atoms with E-state index in [9.17, 15) is 14.0 Å². The molecule has 1 saturated carbocycles. The van der Waals surface area contributed by atoms with Gasteiger partial charge in [0.25, 0.3) is 0 Å². The van der Waals surface area contributed by atoms with Gasteiger partial charge in [0.1, 0.15) is 12.4 Å². The fraction of sp³-hybridized carbons (Fsp3) is 0.480. The quantitative estimate of drug-likeness (QED) is 0.462. The number of pyridine rings is 1. The maximum atomic E-state index is 14.5. The van der Waals surface area contributed by atoms with Gasteiger partial charge in [-0.05, 0) is 49.3 Å². The fourth-order valence-corrected chi connectivity index (χ4v) is 4.70. The first-order valence-corrected chi connectivity index (χ1v) is 11.4. The molecule has 1 aliphatic carbocycles. The van der Waals surface area contributed by atoms with E-state index in [0.717, 1.165) is 31.2 Å². The van der Waals surface area contributed by atoms with Crippen LogP contribution in [0, 0.1) is 17.7 Å². The number of methoxy groups -OCH3 is 1. The molecule has 0 spiro atoms. The number of benzene rings is 1. The van der Waals surface area contributed by atoms with Gasteiger partial charge in [0.15, 0.2) is 11.6 Å². The van der Waals surface area contributed by atoms with Crippen molar-refractivity contribution in [3.63, 3.8) is 0 Å². The number of aryl methyl sites for hydroxylation is 1. The van der Waals surface area contributed by atoms with E-state index in [1.54, 1.807) is 37.2 Å². The largest absolute Gasteiger partial charge is 0.488 e. The average Bonchev–Trinajstić information content (AvgIpc) is 3.04. The summed E-state index contributed by atoms with van der Waals surface area (Å²) >= 11 is 0. The van der Waals surface area contributed by atoms with E-state index in [1.807, 2.05) is 12.1 Å². The molecule has 33 heavy (non-hydrogen) atoms. The Kier molecular flexibility index (Phi) is 7.23. The smallest absolute Gasteiger partial charge is 0.328 e. The maximum absolute atomic E-state index is 14.5. The number of carbonyl (C=O) groups is 1. The van der Waals surface area contributed by atoms with Gasteiger partial charge in [-0.3, -0.25) is 18.9 Å². The molecule has 0 N–H and O–H groups in total. The monoisotopic (exact) mass is 455 g/mol. The first-order valence-electron chi connectivity index (χ1n) is 11.4. The first-order chi connectivity index (χ1) is 16.0. The van der Waals surface area contributed by atoms with Crippen molar-refractivity contribution in [2.75, 3.05) is 20.3 Å². The number of ether oxygens (including phenoxy) is 2. The van der Waals surface area contributed by atoms with Crippen LogP contribution >= 0.6 is 0 Å². The first kappa shape index (κ1) is 23.2. The van der Waals surface area contributed by atoms with Gasteiger partial charge >= 0.3 is 5.69 Å². The number of imidazole rings is 1. The molecular weight excluding hydrogens is 425 g/mol. The zero-order chi connectivity index (χ0) is 23.4. The molecule has 0 atom stereocenters. The Labute approximate surface area is 192 Å². The van der Waals surface area contributed by atoms with Crippen molar-refractivity contribution in [3.8, 4) is 5.75 Å². The standard InChI is InChI=1S/C25H30FN3O4/c1-28-21-14-20(26)24(33-12-11-32-2)15-22(21)29(25(28)31)16-18-3-5-19(6-4-18)23(30)13-17-7-9-27-10-8-17/h7-10,14-15,18-19H,3-6,11-13,16H2,1-2H3. The number of nitrogens with zero attached hydrogens (tertiary/aromatic N) is 3. The van der Waals surface area contributed by atoms with Crippen molar-refractivity contribution in [2.24, 2.45) is 18.9 Å². The Hall–Kier alpha value is -3.00. The molecule has 0 unspecified atom stereocenters. The molecule has 1 aliphatic rings. The molecule has 1 fully saturated rings. The van der Waals surface area contributed by atoms with Crippen LogP contribution in [0.25, 0.3) is 11.0 Å². The highest BCUT2D eigenvalue weighted by Gasteiger charge is 2.27. The maximum Gasteiger partial charge on any atom is 0.328 e. The van der Waals surface area contributed by atoms with Gasteiger partial charge in [0, 0.05) is 57.6 Å². The van der Waals surface area contributed by atoms with E-state index >= 15 is 0 Å². The predicted molar refractivity (Wildman–Crippen MR) is 123 cm³/mol. The van der Waals surface area contributed by atoms with Crippen molar-refractivity contribution >= 4 is 16.8 Å². The van der Waals surface area contributed by atoms with Gasteiger partial charge in [-0.25, -0.2) is 9.18 Å². The van der Waals surface area contributed by atoms with Gasteiger partial charge in [-0.2, -0.15) is 0 Å². The normalized spacial score (nSPS) is 18.5. The zero-order valence-electron chi connectivity index (χ0n) is 19.1. The summed E-state index contributed by atoms with van der Waals surface area (Å²) in [6.45, 7) is 1.13. The lowest BCUT2D eigenvalue weighted by Crippen LogP contribution is -2.29. The molecule has 176 valence electrons. The SMILES string of the molecule is COCCOc1cc2c(cc1F)n(C)c(=O)n2CC1CCC(C(=O)Cc2ccncc2)CC1. The van der Waals surface area contributed by atoms with Gasteiger partial charge in [-0.15, -0.1) is 0 Å². The van der Waals surface area contributed by atoms with E-state index in [-0.39, 0.29) is 29.7 Å². The van der Waals surface area contributed by atoms with Gasteiger partial charge < -0.3 is 9.47 Å². The lowest BCUT2D eigenvalue weighted by atomic mass is 9.79. The molecule has 0 saturated heterocycles. The third-order valence-corrected chi connectivity index (χ3v) is 6.61. The Bertz CT molecular complexity index is 1160. The van der Waals surface area contributed by atoms with Crippen molar-refractivity contribution in [2.45, 2.75) is 38.6 Å². The van der Waals surface area contributed by atoms with Crippen molar-refractivity contribution in [1.82, 2.24) is 14.1 Å². The van der Waals surface area contributed by atoms with Crippen LogP contribution in [-0.4, -0.2) is 40.2 Å². The minimum absolute atomic E-state index is 0.0635. The fourth-order valence-electron chi connectivity index (χ4n) is 4.70. The Balaban J connectivity index is 1.44. The topological polar surface area (TPSA) is 75.3 Å². The molecule has 0 bridgehead atoms. The number of carbonyl (C=O) groups excluding carboxylic acids is 1. The Morgan fingerprint density at radius 1 is 1.12 bits per heavy atom. The summed E-state index contributed by atoms with van der Waals surface area (Å²) in [6.07, 6.45) is 7.28. The van der Waals surface area contributed by atoms with Crippen LogP contribution < -0.4 is 10.4 Å². The van der Waals surface area contributed by atoms with Crippen LogP contribution in [-0.2, 0) is 29.5 Å². The predicted octanol–water partition coefficient (Wildman–Crippen LogP) is 3.52. The average molecular weight is 456 g/mol. The number of rotatable bonds is 9. The summed E-state index contributed by atoms with van der Waals surface area (Å²) in [4.78, 5) is 29.6. The zero-order valence-corrected chi connectivity index (χ0v) is 19.1. The molecule has 0 amide bonds. The number of ketones is 1. The lowest BCUT2D eigenvalue weighted by Gasteiger charge is -2.28. The molecule has 2 heterocycles. The number of aromatic nitrogens is 3. The van der Waals surface area contributed by atoms with E-state index in [1.165, 1.54) is 10.6 Å². The number of hydrogen-bond acceptors (Lipinski definition) is 5.